The number of halogens is 1. The number of anilines is 2. The second-order valence-corrected chi connectivity index (χ2v) is 7.28. The van der Waals surface area contributed by atoms with E-state index in [1.165, 1.54) is 6.07 Å². The number of fused-ring (bicyclic) bond motifs is 1. The highest BCUT2D eigenvalue weighted by molar-refractivity contribution is 6.03. The molecular formula is C26H22FN3O2. The third-order valence-corrected chi connectivity index (χ3v) is 5.06. The predicted octanol–water partition coefficient (Wildman–Crippen LogP) is 4.96. The van der Waals surface area contributed by atoms with Crippen molar-refractivity contribution in [3.8, 4) is 0 Å². The Bertz CT molecular complexity index is 1250. The van der Waals surface area contributed by atoms with Crippen molar-refractivity contribution in [1.29, 1.82) is 0 Å². The molecule has 32 heavy (non-hydrogen) atoms. The van der Waals surface area contributed by atoms with E-state index in [1.807, 2.05) is 42.5 Å². The maximum atomic E-state index is 13.7. The van der Waals surface area contributed by atoms with Crippen LogP contribution in [0, 0.1) is 5.82 Å². The minimum absolute atomic E-state index is 0.0854. The average molecular weight is 427 g/mol. The quantitative estimate of drug-likeness (QED) is 0.390. The summed E-state index contributed by atoms with van der Waals surface area (Å²) in [7, 11) is 0. The SMILES string of the molecule is O=C(CNc1ccc(C(=O)NCc2ccccc2F)cc1)Nc1cccc2ccccc12. The molecule has 0 aromatic heterocycles. The predicted molar refractivity (Wildman–Crippen MR) is 125 cm³/mol. The zero-order chi connectivity index (χ0) is 22.3. The van der Waals surface area contributed by atoms with Gasteiger partial charge in [-0.1, -0.05) is 54.6 Å². The monoisotopic (exact) mass is 427 g/mol. The van der Waals surface area contributed by atoms with Crippen molar-refractivity contribution in [3.05, 3.63) is 108 Å². The maximum absolute atomic E-state index is 13.7. The van der Waals surface area contributed by atoms with Gasteiger partial charge in [0.1, 0.15) is 5.82 Å². The van der Waals surface area contributed by atoms with Crippen LogP contribution < -0.4 is 16.0 Å². The molecule has 0 atom stereocenters. The molecule has 0 saturated heterocycles. The highest BCUT2D eigenvalue weighted by atomic mass is 19.1. The Labute approximate surface area is 185 Å². The van der Waals surface area contributed by atoms with Crippen molar-refractivity contribution in [2.75, 3.05) is 17.2 Å². The molecule has 3 N–H and O–H groups in total. The van der Waals surface area contributed by atoms with Gasteiger partial charge in [-0.2, -0.15) is 0 Å². The Kier molecular flexibility index (Phi) is 6.41. The van der Waals surface area contributed by atoms with E-state index in [2.05, 4.69) is 16.0 Å². The van der Waals surface area contributed by atoms with Crippen molar-refractivity contribution in [2.45, 2.75) is 6.54 Å². The fraction of sp³-hybridized carbons (Fsp3) is 0.0769. The highest BCUT2D eigenvalue weighted by Gasteiger charge is 2.09. The molecule has 0 fully saturated rings. The minimum Gasteiger partial charge on any atom is -0.376 e. The summed E-state index contributed by atoms with van der Waals surface area (Å²) in [5.74, 6) is -0.823. The van der Waals surface area contributed by atoms with E-state index in [0.29, 0.717) is 16.8 Å². The Morgan fingerprint density at radius 1 is 0.781 bits per heavy atom. The van der Waals surface area contributed by atoms with E-state index in [0.717, 1.165) is 16.5 Å². The molecule has 5 nitrogen and oxygen atoms in total. The number of hydrogen-bond acceptors (Lipinski definition) is 3. The zero-order valence-corrected chi connectivity index (χ0v) is 17.3. The van der Waals surface area contributed by atoms with E-state index < -0.39 is 0 Å². The molecule has 0 aliphatic carbocycles. The van der Waals surface area contributed by atoms with Crippen LogP contribution in [0.1, 0.15) is 15.9 Å². The van der Waals surface area contributed by atoms with Crippen LogP contribution in [0.2, 0.25) is 0 Å². The number of nitrogens with one attached hydrogen (secondary N) is 3. The molecule has 2 amide bonds. The van der Waals surface area contributed by atoms with Crippen molar-refractivity contribution in [3.63, 3.8) is 0 Å². The van der Waals surface area contributed by atoms with Crippen LogP contribution in [0.5, 0.6) is 0 Å². The second kappa shape index (κ2) is 9.75. The summed E-state index contributed by atoms with van der Waals surface area (Å²) in [6, 6.07) is 26.7. The molecule has 0 radical (unpaired) electrons. The summed E-state index contributed by atoms with van der Waals surface area (Å²) in [4.78, 5) is 24.7. The van der Waals surface area contributed by atoms with Crippen LogP contribution in [0.3, 0.4) is 0 Å². The topological polar surface area (TPSA) is 70.2 Å². The lowest BCUT2D eigenvalue weighted by Gasteiger charge is -2.11. The molecule has 4 aromatic rings. The average Bonchev–Trinajstić information content (AvgIpc) is 2.82. The van der Waals surface area contributed by atoms with Crippen LogP contribution in [-0.4, -0.2) is 18.4 Å². The molecule has 160 valence electrons. The van der Waals surface area contributed by atoms with Gasteiger partial charge in [0.15, 0.2) is 0 Å². The lowest BCUT2D eigenvalue weighted by Crippen LogP contribution is -2.23. The van der Waals surface area contributed by atoms with E-state index >= 15 is 0 Å². The van der Waals surface area contributed by atoms with Crippen LogP contribution in [-0.2, 0) is 11.3 Å². The third-order valence-electron chi connectivity index (χ3n) is 5.06. The highest BCUT2D eigenvalue weighted by Crippen LogP contribution is 2.22. The molecule has 0 aliphatic heterocycles. The molecular weight excluding hydrogens is 405 g/mol. The fourth-order valence-corrected chi connectivity index (χ4v) is 3.37. The second-order valence-electron chi connectivity index (χ2n) is 7.28. The van der Waals surface area contributed by atoms with Gasteiger partial charge >= 0.3 is 0 Å². The van der Waals surface area contributed by atoms with Crippen LogP contribution in [0.25, 0.3) is 10.8 Å². The van der Waals surface area contributed by atoms with Crippen molar-refractivity contribution in [1.82, 2.24) is 5.32 Å². The lowest BCUT2D eigenvalue weighted by molar-refractivity contribution is -0.114. The van der Waals surface area contributed by atoms with E-state index in [4.69, 9.17) is 0 Å². The number of carbonyl (C=O) groups is 2. The molecule has 0 bridgehead atoms. The first-order valence-corrected chi connectivity index (χ1v) is 10.2. The van der Waals surface area contributed by atoms with Crippen molar-refractivity contribution < 1.29 is 14.0 Å². The summed E-state index contributed by atoms with van der Waals surface area (Å²) in [5.41, 5.74) is 2.35. The summed E-state index contributed by atoms with van der Waals surface area (Å²) in [6.45, 7) is 0.196. The van der Waals surface area contributed by atoms with Gasteiger partial charge in [0.25, 0.3) is 5.91 Å². The first kappa shape index (κ1) is 21.1. The van der Waals surface area contributed by atoms with E-state index in [-0.39, 0.29) is 30.7 Å². The molecule has 0 aliphatic rings. The van der Waals surface area contributed by atoms with Crippen LogP contribution in [0.15, 0.2) is 91.0 Å². The van der Waals surface area contributed by atoms with Gasteiger partial charge in [0, 0.05) is 34.4 Å². The van der Waals surface area contributed by atoms with Crippen molar-refractivity contribution >= 4 is 34.0 Å². The summed E-state index contributed by atoms with van der Waals surface area (Å²) in [6.07, 6.45) is 0. The first-order valence-electron chi connectivity index (χ1n) is 10.2. The molecule has 4 rings (SSSR count). The molecule has 6 heteroatoms. The zero-order valence-electron chi connectivity index (χ0n) is 17.3. The number of rotatable bonds is 7. The minimum atomic E-state index is -0.353. The molecule has 0 spiro atoms. The van der Waals surface area contributed by atoms with Gasteiger partial charge < -0.3 is 16.0 Å². The van der Waals surface area contributed by atoms with Gasteiger partial charge in [0.2, 0.25) is 5.91 Å². The third kappa shape index (κ3) is 5.10. The standard InChI is InChI=1S/C26H22FN3O2/c27-23-10-4-2-7-20(23)16-29-26(32)19-12-14-21(15-13-19)28-17-25(31)30-24-11-5-8-18-6-1-3-9-22(18)24/h1-15,28H,16-17H2,(H,29,32)(H,30,31). The van der Waals surface area contributed by atoms with Gasteiger partial charge in [-0.05, 0) is 41.8 Å². The lowest BCUT2D eigenvalue weighted by atomic mass is 10.1. The largest absolute Gasteiger partial charge is 0.376 e. The van der Waals surface area contributed by atoms with Gasteiger partial charge in [0.05, 0.1) is 6.54 Å². The maximum Gasteiger partial charge on any atom is 0.251 e. The number of carbonyl (C=O) groups excluding carboxylic acids is 2. The fourth-order valence-electron chi connectivity index (χ4n) is 3.37. The number of hydrogen-bond donors (Lipinski definition) is 3. The molecule has 4 aromatic carbocycles. The van der Waals surface area contributed by atoms with Gasteiger partial charge in [-0.25, -0.2) is 4.39 Å². The van der Waals surface area contributed by atoms with Gasteiger partial charge in [-0.15, -0.1) is 0 Å². The van der Waals surface area contributed by atoms with E-state index in [1.54, 1.807) is 42.5 Å². The first-order chi connectivity index (χ1) is 15.6. The smallest absolute Gasteiger partial charge is 0.251 e. The summed E-state index contributed by atoms with van der Waals surface area (Å²) in [5, 5.41) is 10.7. The Balaban J connectivity index is 1.30. The molecule has 0 unspecified atom stereocenters. The molecule has 0 saturated carbocycles. The van der Waals surface area contributed by atoms with E-state index in [9.17, 15) is 14.0 Å². The number of amides is 2. The summed E-state index contributed by atoms with van der Waals surface area (Å²) < 4.78 is 13.7. The number of benzene rings is 4. The Hall–Kier alpha value is -4.19. The Morgan fingerprint density at radius 3 is 2.31 bits per heavy atom. The van der Waals surface area contributed by atoms with Gasteiger partial charge in [-0.3, -0.25) is 9.59 Å². The molecule has 0 heterocycles. The Morgan fingerprint density at radius 2 is 1.50 bits per heavy atom. The summed E-state index contributed by atoms with van der Waals surface area (Å²) >= 11 is 0. The normalized spacial score (nSPS) is 10.5. The van der Waals surface area contributed by atoms with Crippen molar-refractivity contribution in [2.24, 2.45) is 0 Å². The van der Waals surface area contributed by atoms with Crippen LogP contribution >= 0.6 is 0 Å². The van der Waals surface area contributed by atoms with Crippen LogP contribution in [0.4, 0.5) is 15.8 Å².